The highest BCUT2D eigenvalue weighted by atomic mass is 35.5. The zero-order valence-corrected chi connectivity index (χ0v) is 14.2. The van der Waals surface area contributed by atoms with Crippen LogP contribution in [0.2, 0.25) is 5.02 Å². The number of anilines is 1. The van der Waals surface area contributed by atoms with E-state index in [4.69, 9.17) is 16.0 Å². The highest BCUT2D eigenvalue weighted by Gasteiger charge is 2.19. The molecule has 0 fully saturated rings. The summed E-state index contributed by atoms with van der Waals surface area (Å²) < 4.78 is 7.09. The highest BCUT2D eigenvalue weighted by Crippen LogP contribution is 2.25. The Morgan fingerprint density at radius 1 is 1.24 bits per heavy atom. The van der Waals surface area contributed by atoms with Crippen molar-refractivity contribution in [3.63, 3.8) is 0 Å². The molecule has 1 N–H and O–H groups in total. The van der Waals surface area contributed by atoms with Crippen molar-refractivity contribution in [1.82, 2.24) is 20.0 Å². The van der Waals surface area contributed by atoms with Gasteiger partial charge >= 0.3 is 0 Å². The minimum atomic E-state index is -0.378. The van der Waals surface area contributed by atoms with Gasteiger partial charge in [-0.2, -0.15) is 5.10 Å². The van der Waals surface area contributed by atoms with E-state index in [9.17, 15) is 4.79 Å². The van der Waals surface area contributed by atoms with Crippen LogP contribution in [0.15, 0.2) is 58.7 Å². The van der Waals surface area contributed by atoms with Crippen molar-refractivity contribution < 1.29 is 9.21 Å². The Balaban J connectivity index is 1.75. The van der Waals surface area contributed by atoms with Crippen LogP contribution in [0.3, 0.4) is 0 Å². The van der Waals surface area contributed by atoms with Crippen LogP contribution in [0.1, 0.15) is 10.5 Å². The lowest BCUT2D eigenvalue weighted by Crippen LogP contribution is -2.13. The van der Waals surface area contributed by atoms with Gasteiger partial charge in [-0.1, -0.05) is 22.9 Å². The molecule has 0 saturated heterocycles. The number of carbonyl (C=O) groups is 1. The number of furan rings is 1. The normalized spacial score (nSPS) is 10.8. The number of nitrogens with one attached hydrogen (secondary N) is 1. The first-order valence-electron chi connectivity index (χ1n) is 7.18. The van der Waals surface area contributed by atoms with E-state index in [1.807, 2.05) is 12.1 Å². The van der Waals surface area contributed by atoms with Gasteiger partial charge in [0, 0.05) is 11.1 Å². The maximum absolute atomic E-state index is 12.4. The van der Waals surface area contributed by atoms with E-state index in [1.54, 1.807) is 41.3 Å². The zero-order chi connectivity index (χ0) is 17.2. The Labute approximate surface area is 150 Å². The van der Waals surface area contributed by atoms with Gasteiger partial charge in [-0.15, -0.1) is 10.2 Å². The summed E-state index contributed by atoms with van der Waals surface area (Å²) >= 11 is 7.18. The number of amides is 1. The Morgan fingerprint density at radius 3 is 2.76 bits per heavy atom. The third-order valence-corrected chi connectivity index (χ3v) is 4.23. The van der Waals surface area contributed by atoms with Gasteiger partial charge in [0.1, 0.15) is 11.2 Å². The Hall–Kier alpha value is -2.97. The van der Waals surface area contributed by atoms with Gasteiger partial charge < -0.3 is 4.42 Å². The SMILES string of the molecule is O=C(Nc1nncs1)c1cc(-c2ccco2)n(-c2ccc(Cl)cc2)n1. The van der Waals surface area contributed by atoms with Crippen molar-refractivity contribution >= 4 is 34.0 Å². The average Bonchev–Trinajstić information content (AvgIpc) is 3.36. The quantitative estimate of drug-likeness (QED) is 0.588. The van der Waals surface area contributed by atoms with Gasteiger partial charge in [-0.25, -0.2) is 4.68 Å². The van der Waals surface area contributed by atoms with Gasteiger partial charge in [-0.3, -0.25) is 10.1 Å². The maximum atomic E-state index is 12.4. The van der Waals surface area contributed by atoms with Crippen LogP contribution < -0.4 is 5.32 Å². The molecule has 0 bridgehead atoms. The molecule has 124 valence electrons. The Bertz CT molecular complexity index is 994. The first-order chi connectivity index (χ1) is 12.2. The van der Waals surface area contributed by atoms with Crippen LogP contribution >= 0.6 is 22.9 Å². The summed E-state index contributed by atoms with van der Waals surface area (Å²) in [5.41, 5.74) is 3.17. The van der Waals surface area contributed by atoms with Gasteiger partial charge in [0.15, 0.2) is 11.5 Å². The van der Waals surface area contributed by atoms with Crippen molar-refractivity contribution in [3.05, 3.63) is 65.0 Å². The summed E-state index contributed by atoms with van der Waals surface area (Å²) in [6, 6.07) is 12.4. The Morgan fingerprint density at radius 2 is 2.08 bits per heavy atom. The predicted octanol–water partition coefficient (Wildman–Crippen LogP) is 3.89. The van der Waals surface area contributed by atoms with Crippen LogP contribution in [0.4, 0.5) is 5.13 Å². The molecule has 9 heteroatoms. The number of halogens is 1. The molecule has 7 nitrogen and oxygen atoms in total. The fourth-order valence-electron chi connectivity index (χ4n) is 2.26. The molecule has 3 aromatic heterocycles. The van der Waals surface area contributed by atoms with E-state index in [1.165, 1.54) is 16.8 Å². The molecule has 0 aliphatic carbocycles. The van der Waals surface area contributed by atoms with Gasteiger partial charge in [0.2, 0.25) is 5.13 Å². The van der Waals surface area contributed by atoms with Crippen LogP contribution in [-0.4, -0.2) is 25.9 Å². The third kappa shape index (κ3) is 3.17. The molecule has 0 atom stereocenters. The van der Waals surface area contributed by atoms with Crippen LogP contribution in [0, 0.1) is 0 Å². The summed E-state index contributed by atoms with van der Waals surface area (Å²) in [4.78, 5) is 12.4. The lowest BCUT2D eigenvalue weighted by molar-refractivity contribution is 0.102. The first-order valence-corrected chi connectivity index (χ1v) is 8.44. The minimum Gasteiger partial charge on any atom is -0.463 e. The molecule has 0 aliphatic rings. The van der Waals surface area contributed by atoms with Crippen molar-refractivity contribution in [2.45, 2.75) is 0 Å². The standard InChI is InChI=1S/C16H10ClN5O2S/c17-10-3-5-11(6-4-10)22-13(14-2-1-7-24-14)8-12(21-22)15(23)19-16-20-18-9-25-16/h1-9H,(H,19,20,23). The predicted molar refractivity (Wildman–Crippen MR) is 94.1 cm³/mol. The van der Waals surface area contributed by atoms with Gasteiger partial charge in [-0.05, 0) is 36.4 Å². The number of nitrogens with zero attached hydrogens (tertiary/aromatic N) is 4. The molecule has 1 aromatic carbocycles. The maximum Gasteiger partial charge on any atom is 0.278 e. The third-order valence-electron chi connectivity index (χ3n) is 3.37. The molecule has 0 unspecified atom stereocenters. The van der Waals surface area contributed by atoms with E-state index < -0.39 is 0 Å². The van der Waals surface area contributed by atoms with E-state index in [0.717, 1.165) is 5.69 Å². The smallest absolute Gasteiger partial charge is 0.278 e. The summed E-state index contributed by atoms with van der Waals surface area (Å²) in [5, 5.41) is 15.6. The average molecular weight is 372 g/mol. The molecule has 0 aliphatic heterocycles. The molecule has 4 aromatic rings. The van der Waals surface area contributed by atoms with E-state index in [2.05, 4.69) is 20.6 Å². The molecule has 0 radical (unpaired) electrons. The first kappa shape index (κ1) is 15.6. The summed E-state index contributed by atoms with van der Waals surface area (Å²) in [7, 11) is 0. The number of benzene rings is 1. The fourth-order valence-corrected chi connectivity index (χ4v) is 2.83. The van der Waals surface area contributed by atoms with E-state index >= 15 is 0 Å². The van der Waals surface area contributed by atoms with Crippen molar-refractivity contribution in [1.29, 1.82) is 0 Å². The second-order valence-electron chi connectivity index (χ2n) is 4.98. The zero-order valence-electron chi connectivity index (χ0n) is 12.6. The molecular weight excluding hydrogens is 362 g/mol. The lowest BCUT2D eigenvalue weighted by Gasteiger charge is -2.05. The topological polar surface area (TPSA) is 85.8 Å². The van der Waals surface area contributed by atoms with E-state index in [0.29, 0.717) is 21.6 Å². The lowest BCUT2D eigenvalue weighted by atomic mass is 10.2. The fraction of sp³-hybridized carbons (Fsp3) is 0. The number of rotatable bonds is 4. The second-order valence-corrected chi connectivity index (χ2v) is 6.25. The number of hydrogen-bond acceptors (Lipinski definition) is 6. The molecule has 1 amide bonds. The number of hydrogen-bond donors (Lipinski definition) is 1. The number of carbonyl (C=O) groups excluding carboxylic acids is 1. The molecule has 0 spiro atoms. The van der Waals surface area contributed by atoms with E-state index in [-0.39, 0.29) is 11.6 Å². The summed E-state index contributed by atoms with van der Waals surface area (Å²) in [6.45, 7) is 0. The van der Waals surface area contributed by atoms with Gasteiger partial charge in [0.25, 0.3) is 5.91 Å². The molecule has 25 heavy (non-hydrogen) atoms. The van der Waals surface area contributed by atoms with Crippen LogP contribution in [-0.2, 0) is 0 Å². The monoisotopic (exact) mass is 371 g/mol. The summed E-state index contributed by atoms with van der Waals surface area (Å²) in [5.74, 6) is 0.217. The van der Waals surface area contributed by atoms with Gasteiger partial charge in [0.05, 0.1) is 12.0 Å². The number of aromatic nitrogens is 4. The molecular formula is C16H10ClN5O2S. The van der Waals surface area contributed by atoms with Crippen LogP contribution in [0.25, 0.3) is 17.1 Å². The van der Waals surface area contributed by atoms with Crippen LogP contribution in [0.5, 0.6) is 0 Å². The second kappa shape index (κ2) is 6.50. The molecule has 0 saturated carbocycles. The molecule has 3 heterocycles. The Kier molecular flexibility index (Phi) is 4.04. The van der Waals surface area contributed by atoms with Crippen molar-refractivity contribution in [2.24, 2.45) is 0 Å². The molecule has 4 rings (SSSR count). The van der Waals surface area contributed by atoms with Crippen molar-refractivity contribution in [2.75, 3.05) is 5.32 Å². The van der Waals surface area contributed by atoms with Crippen molar-refractivity contribution in [3.8, 4) is 17.1 Å². The minimum absolute atomic E-state index is 0.233. The largest absolute Gasteiger partial charge is 0.463 e. The summed E-state index contributed by atoms with van der Waals surface area (Å²) in [6.07, 6.45) is 1.56. The highest BCUT2D eigenvalue weighted by molar-refractivity contribution is 7.13.